The standard InChI is InChI=1S/C21H33N3O2S/c1-2-27(25,26)24-12-10-19(11-13-24)22-21-9-8-18-15-23(16-20(18)21)14-17-6-4-3-5-7-17/h3-7,18-22H,2,8-16H2,1H3/t18-,20+,21+/m0/s1. The monoisotopic (exact) mass is 391 g/mol. The summed E-state index contributed by atoms with van der Waals surface area (Å²) >= 11 is 0. The quantitative estimate of drug-likeness (QED) is 0.808. The van der Waals surface area contributed by atoms with Crippen molar-refractivity contribution in [2.75, 3.05) is 31.9 Å². The minimum absolute atomic E-state index is 0.217. The van der Waals surface area contributed by atoms with Crippen LogP contribution < -0.4 is 5.32 Å². The van der Waals surface area contributed by atoms with Gasteiger partial charge in [0.05, 0.1) is 5.75 Å². The maximum Gasteiger partial charge on any atom is 0.213 e. The second-order valence-corrected chi connectivity index (χ2v) is 10.8. The van der Waals surface area contributed by atoms with Crippen molar-refractivity contribution in [1.82, 2.24) is 14.5 Å². The van der Waals surface area contributed by atoms with Gasteiger partial charge in [-0.2, -0.15) is 0 Å². The maximum absolute atomic E-state index is 12.0. The number of hydrogen-bond donors (Lipinski definition) is 1. The molecule has 0 spiro atoms. The van der Waals surface area contributed by atoms with Crippen LogP contribution in [-0.2, 0) is 16.6 Å². The fraction of sp³-hybridized carbons (Fsp3) is 0.714. The third kappa shape index (κ3) is 4.39. The Bertz CT molecular complexity index is 716. The molecule has 4 rings (SSSR count). The summed E-state index contributed by atoms with van der Waals surface area (Å²) in [6.07, 6.45) is 4.50. The average molecular weight is 392 g/mol. The second kappa shape index (κ2) is 8.19. The van der Waals surface area contributed by atoms with E-state index in [1.807, 2.05) is 0 Å². The Balaban J connectivity index is 1.28. The first-order chi connectivity index (χ1) is 13.0. The Kier molecular flexibility index (Phi) is 5.88. The third-order valence-electron chi connectivity index (χ3n) is 6.84. The van der Waals surface area contributed by atoms with E-state index in [9.17, 15) is 8.42 Å². The Morgan fingerprint density at radius 1 is 1.04 bits per heavy atom. The molecule has 0 bridgehead atoms. The average Bonchev–Trinajstić information content (AvgIpc) is 3.24. The molecule has 0 aromatic heterocycles. The van der Waals surface area contributed by atoms with Crippen LogP contribution in [0, 0.1) is 11.8 Å². The van der Waals surface area contributed by atoms with Gasteiger partial charge in [-0.05, 0) is 50.0 Å². The molecule has 0 radical (unpaired) electrons. The molecule has 5 nitrogen and oxygen atoms in total. The normalized spacial score (nSPS) is 30.6. The summed E-state index contributed by atoms with van der Waals surface area (Å²) in [5, 5.41) is 3.92. The smallest absolute Gasteiger partial charge is 0.213 e. The molecule has 1 saturated carbocycles. The molecule has 150 valence electrons. The lowest BCUT2D eigenvalue weighted by atomic mass is 9.96. The zero-order valence-electron chi connectivity index (χ0n) is 16.4. The van der Waals surface area contributed by atoms with Crippen LogP contribution in [0.1, 0.15) is 38.2 Å². The molecule has 1 aliphatic carbocycles. The largest absolute Gasteiger partial charge is 0.311 e. The van der Waals surface area contributed by atoms with Gasteiger partial charge in [0, 0.05) is 44.8 Å². The maximum atomic E-state index is 12.0. The van der Waals surface area contributed by atoms with Gasteiger partial charge in [0.1, 0.15) is 0 Å². The summed E-state index contributed by atoms with van der Waals surface area (Å²) in [4.78, 5) is 2.62. The van der Waals surface area contributed by atoms with Gasteiger partial charge in [0.15, 0.2) is 0 Å². The van der Waals surface area contributed by atoms with Crippen molar-refractivity contribution in [1.29, 1.82) is 0 Å². The minimum atomic E-state index is -3.02. The zero-order chi connectivity index (χ0) is 18.9. The number of likely N-dealkylation sites (tertiary alicyclic amines) is 1. The molecule has 6 heteroatoms. The number of fused-ring (bicyclic) bond motifs is 1. The highest BCUT2D eigenvalue weighted by Crippen LogP contribution is 2.39. The lowest BCUT2D eigenvalue weighted by molar-refractivity contribution is 0.243. The Morgan fingerprint density at radius 2 is 1.78 bits per heavy atom. The Morgan fingerprint density at radius 3 is 2.48 bits per heavy atom. The van der Waals surface area contributed by atoms with Crippen LogP contribution in [0.25, 0.3) is 0 Å². The van der Waals surface area contributed by atoms with Crippen LogP contribution in [0.3, 0.4) is 0 Å². The first kappa shape index (κ1) is 19.4. The van der Waals surface area contributed by atoms with E-state index in [0.717, 1.165) is 31.2 Å². The molecule has 27 heavy (non-hydrogen) atoms. The number of piperidine rings is 1. The van der Waals surface area contributed by atoms with E-state index in [2.05, 4.69) is 40.5 Å². The van der Waals surface area contributed by atoms with Crippen LogP contribution in [0.15, 0.2) is 30.3 Å². The molecule has 3 atom stereocenters. The summed E-state index contributed by atoms with van der Waals surface area (Å²) in [6, 6.07) is 11.9. The van der Waals surface area contributed by atoms with E-state index in [-0.39, 0.29) is 5.75 Å². The van der Waals surface area contributed by atoms with Crippen molar-refractivity contribution in [2.45, 2.75) is 51.2 Å². The van der Waals surface area contributed by atoms with Crippen LogP contribution in [0.5, 0.6) is 0 Å². The molecule has 2 heterocycles. The van der Waals surface area contributed by atoms with Crippen molar-refractivity contribution in [3.8, 4) is 0 Å². The highest BCUT2D eigenvalue weighted by atomic mass is 32.2. The first-order valence-corrected chi connectivity index (χ1v) is 12.2. The Labute approximate surface area is 164 Å². The molecule has 1 aromatic rings. The third-order valence-corrected chi connectivity index (χ3v) is 8.72. The summed E-state index contributed by atoms with van der Waals surface area (Å²) < 4.78 is 25.8. The van der Waals surface area contributed by atoms with Crippen LogP contribution in [0.4, 0.5) is 0 Å². The summed E-state index contributed by atoms with van der Waals surface area (Å²) in [5.41, 5.74) is 1.41. The molecule has 2 saturated heterocycles. The molecule has 0 unspecified atom stereocenters. The van der Waals surface area contributed by atoms with Gasteiger partial charge in [-0.15, -0.1) is 0 Å². The van der Waals surface area contributed by atoms with Gasteiger partial charge in [-0.3, -0.25) is 4.90 Å². The van der Waals surface area contributed by atoms with Crippen molar-refractivity contribution >= 4 is 10.0 Å². The number of nitrogens with zero attached hydrogens (tertiary/aromatic N) is 2. The molecule has 0 amide bonds. The molecule has 3 aliphatic rings. The molecule has 1 N–H and O–H groups in total. The van der Waals surface area contributed by atoms with Crippen LogP contribution in [-0.4, -0.2) is 61.6 Å². The van der Waals surface area contributed by atoms with E-state index in [0.29, 0.717) is 25.2 Å². The van der Waals surface area contributed by atoms with Gasteiger partial charge in [0.25, 0.3) is 0 Å². The lowest BCUT2D eigenvalue weighted by Crippen LogP contribution is -2.49. The number of sulfonamides is 1. The number of benzene rings is 1. The highest BCUT2D eigenvalue weighted by molar-refractivity contribution is 7.89. The first-order valence-electron chi connectivity index (χ1n) is 10.6. The van der Waals surface area contributed by atoms with Gasteiger partial charge in [0.2, 0.25) is 10.0 Å². The SMILES string of the molecule is CCS(=O)(=O)N1CCC(N[C@@H]2CC[C@H]3CN(Cc4ccccc4)C[C@H]32)CC1. The minimum Gasteiger partial charge on any atom is -0.311 e. The van der Waals surface area contributed by atoms with Gasteiger partial charge >= 0.3 is 0 Å². The van der Waals surface area contributed by atoms with Crippen LogP contribution in [0.2, 0.25) is 0 Å². The van der Waals surface area contributed by atoms with Crippen molar-refractivity contribution < 1.29 is 8.42 Å². The molecule has 2 aliphatic heterocycles. The fourth-order valence-corrected chi connectivity index (χ4v) is 6.45. The Hall–Kier alpha value is -0.950. The topological polar surface area (TPSA) is 52.7 Å². The number of nitrogens with one attached hydrogen (secondary N) is 1. The van der Waals surface area contributed by atoms with E-state index in [1.54, 1.807) is 11.2 Å². The molecule has 3 fully saturated rings. The summed E-state index contributed by atoms with van der Waals surface area (Å²) in [6.45, 7) is 6.57. The summed E-state index contributed by atoms with van der Waals surface area (Å²) in [5.74, 6) is 1.80. The fourth-order valence-electron chi connectivity index (χ4n) is 5.32. The molecular formula is C21H33N3O2S. The van der Waals surface area contributed by atoms with E-state index < -0.39 is 10.0 Å². The number of rotatable bonds is 6. The van der Waals surface area contributed by atoms with Gasteiger partial charge < -0.3 is 5.32 Å². The van der Waals surface area contributed by atoms with E-state index in [4.69, 9.17) is 0 Å². The van der Waals surface area contributed by atoms with E-state index >= 15 is 0 Å². The number of hydrogen-bond acceptors (Lipinski definition) is 4. The predicted octanol–water partition coefficient (Wildman–Crippen LogP) is 2.30. The molecular weight excluding hydrogens is 358 g/mol. The van der Waals surface area contributed by atoms with Crippen molar-refractivity contribution in [3.63, 3.8) is 0 Å². The van der Waals surface area contributed by atoms with Gasteiger partial charge in [-0.1, -0.05) is 30.3 Å². The second-order valence-electron chi connectivity index (χ2n) is 8.53. The molecule has 1 aromatic carbocycles. The van der Waals surface area contributed by atoms with Crippen LogP contribution >= 0.6 is 0 Å². The van der Waals surface area contributed by atoms with Gasteiger partial charge in [-0.25, -0.2) is 12.7 Å². The van der Waals surface area contributed by atoms with Crippen molar-refractivity contribution in [2.24, 2.45) is 11.8 Å². The highest BCUT2D eigenvalue weighted by Gasteiger charge is 2.43. The summed E-state index contributed by atoms with van der Waals surface area (Å²) in [7, 11) is -3.02. The van der Waals surface area contributed by atoms with Crippen molar-refractivity contribution in [3.05, 3.63) is 35.9 Å². The zero-order valence-corrected chi connectivity index (χ0v) is 17.2. The predicted molar refractivity (Wildman–Crippen MR) is 109 cm³/mol. The lowest BCUT2D eigenvalue weighted by Gasteiger charge is -2.34. The van der Waals surface area contributed by atoms with E-state index in [1.165, 1.54) is 31.5 Å².